The standard InChI is InChI=1S/C18H16Cl2N2O/c1-11-15(9-18(21)23)16-8-14(20)6-7-17(16)22(11)10-12-2-4-13(19)5-3-12/h2-8H,9-10H2,1H3,(H2,21,23). The number of fused-ring (bicyclic) bond motifs is 1. The number of hydrogen-bond donors (Lipinski definition) is 1. The van der Waals surface area contributed by atoms with Crippen LogP contribution < -0.4 is 5.73 Å². The number of nitrogens with two attached hydrogens (primary N) is 1. The van der Waals surface area contributed by atoms with Crippen molar-refractivity contribution in [2.75, 3.05) is 0 Å². The van der Waals surface area contributed by atoms with Gasteiger partial charge in [-0.3, -0.25) is 4.79 Å². The van der Waals surface area contributed by atoms with Crippen LogP contribution in [-0.2, 0) is 17.8 Å². The third kappa shape index (κ3) is 3.21. The third-order valence-corrected chi connectivity index (χ3v) is 4.51. The normalized spacial score (nSPS) is 11.1. The van der Waals surface area contributed by atoms with E-state index in [4.69, 9.17) is 28.9 Å². The molecule has 5 heteroatoms. The van der Waals surface area contributed by atoms with Crippen LogP contribution >= 0.6 is 23.2 Å². The summed E-state index contributed by atoms with van der Waals surface area (Å²) in [7, 11) is 0. The average molecular weight is 347 g/mol. The Hall–Kier alpha value is -1.97. The first-order chi connectivity index (χ1) is 11.0. The predicted octanol–water partition coefficient (Wildman–Crippen LogP) is 4.33. The van der Waals surface area contributed by atoms with Gasteiger partial charge in [-0.25, -0.2) is 0 Å². The molecule has 3 rings (SSSR count). The van der Waals surface area contributed by atoms with Crippen molar-refractivity contribution in [1.82, 2.24) is 4.57 Å². The van der Waals surface area contributed by atoms with Crippen LogP contribution in [0, 0.1) is 6.92 Å². The van der Waals surface area contributed by atoms with E-state index in [2.05, 4.69) is 4.57 Å². The van der Waals surface area contributed by atoms with Crippen LogP contribution in [0.25, 0.3) is 10.9 Å². The number of carbonyl (C=O) groups excluding carboxylic acids is 1. The van der Waals surface area contributed by atoms with Crippen LogP contribution in [0.1, 0.15) is 16.8 Å². The van der Waals surface area contributed by atoms with Gasteiger partial charge in [0.15, 0.2) is 0 Å². The quantitative estimate of drug-likeness (QED) is 0.750. The van der Waals surface area contributed by atoms with Gasteiger partial charge in [0.05, 0.1) is 6.42 Å². The van der Waals surface area contributed by atoms with Crippen molar-refractivity contribution in [1.29, 1.82) is 0 Å². The average Bonchev–Trinajstić information content (AvgIpc) is 2.74. The molecule has 0 fully saturated rings. The molecular formula is C18H16Cl2N2O. The molecule has 1 amide bonds. The number of halogens is 2. The van der Waals surface area contributed by atoms with E-state index in [0.29, 0.717) is 16.6 Å². The molecular weight excluding hydrogens is 331 g/mol. The molecule has 3 nitrogen and oxygen atoms in total. The molecule has 0 spiro atoms. The Kier molecular flexibility index (Phi) is 4.33. The summed E-state index contributed by atoms with van der Waals surface area (Å²) in [6.07, 6.45) is 0.205. The van der Waals surface area contributed by atoms with Gasteiger partial charge < -0.3 is 10.3 Å². The molecule has 0 radical (unpaired) electrons. The number of primary amides is 1. The molecule has 0 aliphatic carbocycles. The molecule has 23 heavy (non-hydrogen) atoms. The molecule has 0 aliphatic rings. The fraction of sp³-hybridized carbons (Fsp3) is 0.167. The second kappa shape index (κ2) is 6.26. The topological polar surface area (TPSA) is 48.0 Å². The van der Waals surface area contributed by atoms with Gasteiger partial charge in [-0.15, -0.1) is 0 Å². The summed E-state index contributed by atoms with van der Waals surface area (Å²) in [6, 6.07) is 13.5. The van der Waals surface area contributed by atoms with Gasteiger partial charge in [0.1, 0.15) is 0 Å². The molecule has 1 heterocycles. The summed E-state index contributed by atoms with van der Waals surface area (Å²) in [5.41, 5.74) is 9.54. The van der Waals surface area contributed by atoms with Crippen molar-refractivity contribution in [3.63, 3.8) is 0 Å². The maximum atomic E-state index is 11.4. The first-order valence-electron chi connectivity index (χ1n) is 7.25. The summed E-state index contributed by atoms with van der Waals surface area (Å²) in [4.78, 5) is 11.4. The Morgan fingerprint density at radius 1 is 1.09 bits per heavy atom. The van der Waals surface area contributed by atoms with Crippen molar-refractivity contribution in [3.8, 4) is 0 Å². The summed E-state index contributed by atoms with van der Waals surface area (Å²) in [6.45, 7) is 2.70. The van der Waals surface area contributed by atoms with Crippen LogP contribution in [-0.4, -0.2) is 10.5 Å². The minimum absolute atomic E-state index is 0.205. The van der Waals surface area contributed by atoms with Crippen LogP contribution in [0.4, 0.5) is 0 Å². The zero-order chi connectivity index (χ0) is 16.6. The Morgan fingerprint density at radius 3 is 2.39 bits per heavy atom. The number of rotatable bonds is 4. The van der Waals surface area contributed by atoms with Gasteiger partial charge in [-0.2, -0.15) is 0 Å². The molecule has 2 N–H and O–H groups in total. The maximum absolute atomic E-state index is 11.4. The summed E-state index contributed by atoms with van der Waals surface area (Å²) in [5, 5.41) is 2.33. The monoisotopic (exact) mass is 346 g/mol. The van der Waals surface area contributed by atoms with E-state index < -0.39 is 0 Å². The largest absolute Gasteiger partial charge is 0.369 e. The van der Waals surface area contributed by atoms with Gasteiger partial charge >= 0.3 is 0 Å². The zero-order valence-electron chi connectivity index (χ0n) is 12.6. The molecule has 1 aromatic heterocycles. The minimum atomic E-state index is -0.349. The molecule has 0 bridgehead atoms. The van der Waals surface area contributed by atoms with Gasteiger partial charge in [-0.05, 0) is 48.4 Å². The maximum Gasteiger partial charge on any atom is 0.221 e. The Labute approximate surface area is 144 Å². The highest BCUT2D eigenvalue weighted by Crippen LogP contribution is 2.29. The molecule has 2 aromatic carbocycles. The van der Waals surface area contributed by atoms with Gasteiger partial charge in [0.25, 0.3) is 0 Å². The predicted molar refractivity (Wildman–Crippen MR) is 95.1 cm³/mol. The van der Waals surface area contributed by atoms with E-state index in [0.717, 1.165) is 27.7 Å². The van der Waals surface area contributed by atoms with Gasteiger partial charge in [0.2, 0.25) is 5.91 Å². The van der Waals surface area contributed by atoms with Crippen LogP contribution in [0.2, 0.25) is 10.0 Å². The molecule has 0 unspecified atom stereocenters. The van der Waals surface area contributed by atoms with E-state index in [1.807, 2.05) is 49.4 Å². The van der Waals surface area contributed by atoms with Crippen molar-refractivity contribution in [2.45, 2.75) is 19.9 Å². The van der Waals surface area contributed by atoms with Crippen LogP contribution in [0.5, 0.6) is 0 Å². The second-order valence-electron chi connectivity index (χ2n) is 5.58. The lowest BCUT2D eigenvalue weighted by Crippen LogP contribution is -2.14. The lowest BCUT2D eigenvalue weighted by Gasteiger charge is -2.09. The first-order valence-corrected chi connectivity index (χ1v) is 8.01. The van der Waals surface area contributed by atoms with Crippen LogP contribution in [0.15, 0.2) is 42.5 Å². The number of benzene rings is 2. The van der Waals surface area contributed by atoms with Gasteiger partial charge in [-0.1, -0.05) is 35.3 Å². The van der Waals surface area contributed by atoms with E-state index >= 15 is 0 Å². The van der Waals surface area contributed by atoms with E-state index in [9.17, 15) is 4.79 Å². The molecule has 118 valence electrons. The van der Waals surface area contributed by atoms with Gasteiger partial charge in [0, 0.05) is 33.2 Å². The van der Waals surface area contributed by atoms with E-state index in [1.54, 1.807) is 0 Å². The fourth-order valence-electron chi connectivity index (χ4n) is 2.90. The lowest BCUT2D eigenvalue weighted by molar-refractivity contribution is -0.117. The highest BCUT2D eigenvalue weighted by molar-refractivity contribution is 6.31. The number of hydrogen-bond acceptors (Lipinski definition) is 1. The second-order valence-corrected chi connectivity index (χ2v) is 6.45. The smallest absolute Gasteiger partial charge is 0.221 e. The van der Waals surface area contributed by atoms with Crippen molar-refractivity contribution in [2.24, 2.45) is 5.73 Å². The molecule has 0 saturated heterocycles. The lowest BCUT2D eigenvalue weighted by atomic mass is 10.1. The molecule has 0 atom stereocenters. The fourth-order valence-corrected chi connectivity index (χ4v) is 3.20. The first kappa shape index (κ1) is 15.9. The Bertz CT molecular complexity index is 882. The Balaban J connectivity index is 2.14. The van der Waals surface area contributed by atoms with Crippen LogP contribution in [0.3, 0.4) is 0 Å². The highest BCUT2D eigenvalue weighted by Gasteiger charge is 2.16. The number of aromatic nitrogens is 1. The Morgan fingerprint density at radius 2 is 1.74 bits per heavy atom. The molecule has 0 aliphatic heterocycles. The zero-order valence-corrected chi connectivity index (χ0v) is 14.2. The number of nitrogens with zero attached hydrogens (tertiary/aromatic N) is 1. The van der Waals surface area contributed by atoms with Crippen molar-refractivity contribution in [3.05, 3.63) is 69.3 Å². The summed E-state index contributed by atoms with van der Waals surface area (Å²) in [5.74, 6) is -0.349. The highest BCUT2D eigenvalue weighted by atomic mass is 35.5. The van der Waals surface area contributed by atoms with E-state index in [1.165, 1.54) is 0 Å². The van der Waals surface area contributed by atoms with Crippen molar-refractivity contribution < 1.29 is 4.79 Å². The minimum Gasteiger partial charge on any atom is -0.369 e. The third-order valence-electron chi connectivity index (χ3n) is 4.02. The van der Waals surface area contributed by atoms with Crippen molar-refractivity contribution >= 4 is 40.0 Å². The van der Waals surface area contributed by atoms with E-state index in [-0.39, 0.29) is 12.3 Å². The summed E-state index contributed by atoms with van der Waals surface area (Å²) < 4.78 is 2.17. The molecule has 0 saturated carbocycles. The SMILES string of the molecule is Cc1c(CC(N)=O)c2cc(Cl)ccc2n1Cc1ccc(Cl)cc1. The summed E-state index contributed by atoms with van der Waals surface area (Å²) >= 11 is 12.1. The molecule has 3 aromatic rings. The number of carbonyl (C=O) groups is 1. The number of amides is 1.